The Bertz CT molecular complexity index is 896. The van der Waals surface area contributed by atoms with Crippen molar-refractivity contribution in [1.29, 1.82) is 5.26 Å². The van der Waals surface area contributed by atoms with Crippen molar-refractivity contribution in [3.8, 4) is 17.2 Å². The van der Waals surface area contributed by atoms with Crippen LogP contribution in [0.25, 0.3) is 22.0 Å². The number of pyridine rings is 1. The molecule has 0 saturated carbocycles. The van der Waals surface area contributed by atoms with Gasteiger partial charge in [-0.3, -0.25) is 0 Å². The summed E-state index contributed by atoms with van der Waals surface area (Å²) in [5.74, 6) is -0.301. The van der Waals surface area contributed by atoms with Crippen molar-refractivity contribution in [3.05, 3.63) is 64.0 Å². The Labute approximate surface area is 136 Å². The van der Waals surface area contributed by atoms with E-state index in [0.29, 0.717) is 11.3 Å². The number of aromatic nitrogens is 1. The first-order valence-electron chi connectivity index (χ1n) is 6.91. The molecule has 0 bridgehead atoms. The highest BCUT2D eigenvalue weighted by molar-refractivity contribution is 9.10. The van der Waals surface area contributed by atoms with Crippen molar-refractivity contribution < 1.29 is 4.39 Å². The number of hydrogen-bond donors (Lipinski definition) is 0. The smallest absolute Gasteiger partial charge is 0.149 e. The summed E-state index contributed by atoms with van der Waals surface area (Å²) in [7, 11) is 0. The zero-order chi connectivity index (χ0) is 15.7. The number of benzene rings is 2. The first kappa shape index (κ1) is 14.7. The predicted octanol–water partition coefficient (Wildman–Crippen LogP) is 5.24. The largest absolute Gasteiger partial charge is 0.236 e. The summed E-state index contributed by atoms with van der Waals surface area (Å²) in [6.07, 6.45) is 0.901. The Hall–Kier alpha value is -2.25. The van der Waals surface area contributed by atoms with Gasteiger partial charge in [0.2, 0.25) is 0 Å². The number of nitriles is 1. The van der Waals surface area contributed by atoms with Crippen LogP contribution in [0.4, 0.5) is 4.39 Å². The van der Waals surface area contributed by atoms with Gasteiger partial charge in [-0.1, -0.05) is 35.0 Å². The molecule has 1 heterocycles. The predicted molar refractivity (Wildman–Crippen MR) is 88.9 cm³/mol. The highest BCUT2D eigenvalue weighted by atomic mass is 79.9. The van der Waals surface area contributed by atoms with Crippen LogP contribution in [0.5, 0.6) is 0 Å². The summed E-state index contributed by atoms with van der Waals surface area (Å²) < 4.78 is 14.0. The molecule has 0 atom stereocenters. The molecule has 0 aliphatic carbocycles. The minimum absolute atomic E-state index is 0.301. The van der Waals surface area contributed by atoms with Gasteiger partial charge in [-0.15, -0.1) is 0 Å². The van der Waals surface area contributed by atoms with Crippen LogP contribution in [-0.4, -0.2) is 4.98 Å². The van der Waals surface area contributed by atoms with Crippen LogP contribution >= 0.6 is 15.9 Å². The zero-order valence-corrected chi connectivity index (χ0v) is 13.5. The summed E-state index contributed by atoms with van der Waals surface area (Å²) in [6, 6.07) is 14.2. The van der Waals surface area contributed by atoms with E-state index in [1.54, 1.807) is 12.1 Å². The van der Waals surface area contributed by atoms with E-state index < -0.39 is 0 Å². The molecule has 2 nitrogen and oxygen atoms in total. The van der Waals surface area contributed by atoms with Gasteiger partial charge in [-0.25, -0.2) is 9.37 Å². The average Bonchev–Trinajstić information content (AvgIpc) is 2.54. The first-order valence-corrected chi connectivity index (χ1v) is 7.71. The van der Waals surface area contributed by atoms with E-state index >= 15 is 0 Å². The molecule has 3 aromatic rings. The fraction of sp³-hybridized carbons (Fsp3) is 0.111. The molecule has 0 saturated heterocycles. The van der Waals surface area contributed by atoms with Crippen molar-refractivity contribution in [1.82, 2.24) is 4.98 Å². The van der Waals surface area contributed by atoms with Crippen molar-refractivity contribution in [2.45, 2.75) is 13.3 Å². The number of hydrogen-bond acceptors (Lipinski definition) is 2. The van der Waals surface area contributed by atoms with Crippen molar-refractivity contribution in [2.75, 3.05) is 0 Å². The third-order valence-electron chi connectivity index (χ3n) is 3.61. The quantitative estimate of drug-likeness (QED) is 0.631. The zero-order valence-electron chi connectivity index (χ0n) is 11.9. The Morgan fingerprint density at radius 2 is 1.91 bits per heavy atom. The van der Waals surface area contributed by atoms with Crippen LogP contribution in [0, 0.1) is 17.1 Å². The second-order valence-corrected chi connectivity index (χ2v) is 5.86. The fourth-order valence-electron chi connectivity index (χ4n) is 2.43. The third-order valence-corrected chi connectivity index (χ3v) is 4.27. The summed E-state index contributed by atoms with van der Waals surface area (Å²) in [5.41, 5.74) is 3.77. The molecule has 4 heteroatoms. The maximum Gasteiger partial charge on any atom is 0.149 e. The lowest BCUT2D eigenvalue weighted by molar-refractivity contribution is 0.628. The van der Waals surface area contributed by atoms with Gasteiger partial charge in [0, 0.05) is 15.4 Å². The van der Waals surface area contributed by atoms with E-state index in [-0.39, 0.29) is 5.82 Å². The van der Waals surface area contributed by atoms with E-state index in [1.807, 2.05) is 12.1 Å². The third kappa shape index (κ3) is 2.60. The Morgan fingerprint density at radius 1 is 1.18 bits per heavy atom. The normalized spacial score (nSPS) is 10.6. The maximum absolute atomic E-state index is 13.1. The molecule has 0 unspecified atom stereocenters. The fourth-order valence-corrected chi connectivity index (χ4v) is 3.04. The minimum atomic E-state index is -0.301. The Balaban J connectivity index is 2.29. The lowest BCUT2D eigenvalue weighted by atomic mass is 10.0. The Morgan fingerprint density at radius 3 is 2.55 bits per heavy atom. The Kier molecular flexibility index (Phi) is 3.91. The number of nitrogens with zero attached hydrogens (tertiary/aromatic N) is 2. The molecule has 3 rings (SSSR count). The van der Waals surface area contributed by atoms with Gasteiger partial charge in [-0.2, -0.15) is 5.26 Å². The molecule has 2 aromatic carbocycles. The van der Waals surface area contributed by atoms with Gasteiger partial charge < -0.3 is 0 Å². The minimum Gasteiger partial charge on any atom is -0.236 e. The molecule has 1 aromatic heterocycles. The van der Waals surface area contributed by atoms with E-state index in [2.05, 4.69) is 40.0 Å². The average molecular weight is 355 g/mol. The number of aryl methyl sites for hydroxylation is 1. The monoisotopic (exact) mass is 354 g/mol. The molecule has 22 heavy (non-hydrogen) atoms. The van der Waals surface area contributed by atoms with Crippen LogP contribution in [0.3, 0.4) is 0 Å². The number of halogens is 2. The van der Waals surface area contributed by atoms with Crippen molar-refractivity contribution in [2.24, 2.45) is 0 Å². The standard InChI is InChI=1S/C18H12BrFN2/c1-2-11-7-16(19)15-9-14(12-3-5-13(20)6-4-12)18(10-21)22-17(15)8-11/h3-9H,2H2,1H3. The second-order valence-electron chi connectivity index (χ2n) is 5.00. The number of fused-ring (bicyclic) bond motifs is 1. The van der Waals surface area contributed by atoms with Gasteiger partial charge >= 0.3 is 0 Å². The molecule has 108 valence electrons. The molecule has 0 amide bonds. The van der Waals surface area contributed by atoms with Crippen LogP contribution in [0.2, 0.25) is 0 Å². The lowest BCUT2D eigenvalue weighted by Gasteiger charge is -2.09. The summed E-state index contributed by atoms with van der Waals surface area (Å²) in [6.45, 7) is 2.08. The van der Waals surface area contributed by atoms with Crippen LogP contribution in [-0.2, 0) is 6.42 Å². The lowest BCUT2D eigenvalue weighted by Crippen LogP contribution is -1.93. The second kappa shape index (κ2) is 5.86. The molecule has 0 aliphatic heterocycles. The van der Waals surface area contributed by atoms with E-state index in [9.17, 15) is 9.65 Å². The van der Waals surface area contributed by atoms with Gasteiger partial charge in [0.25, 0.3) is 0 Å². The molecule has 0 aliphatic rings. The number of rotatable bonds is 2. The van der Waals surface area contributed by atoms with Gasteiger partial charge in [0.1, 0.15) is 17.6 Å². The summed E-state index contributed by atoms with van der Waals surface area (Å²) >= 11 is 3.57. The van der Waals surface area contributed by atoms with Crippen molar-refractivity contribution in [3.63, 3.8) is 0 Å². The highest BCUT2D eigenvalue weighted by Gasteiger charge is 2.11. The van der Waals surface area contributed by atoms with E-state index in [1.165, 1.54) is 12.1 Å². The van der Waals surface area contributed by atoms with Crippen LogP contribution in [0.15, 0.2) is 46.9 Å². The molecule has 0 radical (unpaired) electrons. The molecular weight excluding hydrogens is 343 g/mol. The molecular formula is C18H12BrFN2. The van der Waals surface area contributed by atoms with Gasteiger partial charge in [0.15, 0.2) is 0 Å². The van der Waals surface area contributed by atoms with Gasteiger partial charge in [-0.05, 0) is 47.9 Å². The molecule has 0 fully saturated rings. The maximum atomic E-state index is 13.1. The van der Waals surface area contributed by atoms with E-state index in [4.69, 9.17) is 0 Å². The molecule has 0 spiro atoms. The topological polar surface area (TPSA) is 36.7 Å². The first-order chi connectivity index (χ1) is 10.6. The molecule has 0 N–H and O–H groups in total. The van der Waals surface area contributed by atoms with Crippen molar-refractivity contribution >= 4 is 26.8 Å². The van der Waals surface area contributed by atoms with Crippen LogP contribution < -0.4 is 0 Å². The van der Waals surface area contributed by atoms with Gasteiger partial charge in [0.05, 0.1) is 5.52 Å². The SMILES string of the molecule is CCc1cc(Br)c2cc(-c3ccc(F)cc3)c(C#N)nc2c1. The summed E-state index contributed by atoms with van der Waals surface area (Å²) in [4.78, 5) is 4.48. The van der Waals surface area contributed by atoms with E-state index in [0.717, 1.165) is 32.9 Å². The summed E-state index contributed by atoms with van der Waals surface area (Å²) in [5, 5.41) is 10.3. The highest BCUT2D eigenvalue weighted by Crippen LogP contribution is 2.31. The van der Waals surface area contributed by atoms with Crippen LogP contribution in [0.1, 0.15) is 18.2 Å².